The zero-order valence-electron chi connectivity index (χ0n) is 9.91. The SMILES string of the molecule is Cc1ccc(Br)cc1Oc1cccc(Cl)c1CN. The van der Waals surface area contributed by atoms with E-state index >= 15 is 0 Å². The van der Waals surface area contributed by atoms with Crippen molar-refractivity contribution in [3.8, 4) is 11.5 Å². The molecule has 0 fully saturated rings. The lowest BCUT2D eigenvalue weighted by molar-refractivity contribution is 0.472. The molecule has 0 aliphatic heterocycles. The molecule has 2 nitrogen and oxygen atoms in total. The zero-order chi connectivity index (χ0) is 13.1. The number of aryl methyl sites for hydroxylation is 1. The molecule has 2 aromatic rings. The maximum atomic E-state index is 6.10. The largest absolute Gasteiger partial charge is 0.457 e. The topological polar surface area (TPSA) is 35.2 Å². The first-order valence-corrected chi connectivity index (χ1v) is 6.70. The Balaban J connectivity index is 2.40. The average molecular weight is 327 g/mol. The third kappa shape index (κ3) is 2.86. The summed E-state index contributed by atoms with van der Waals surface area (Å²) >= 11 is 9.53. The van der Waals surface area contributed by atoms with Crippen LogP contribution in [-0.2, 0) is 6.54 Å². The van der Waals surface area contributed by atoms with Crippen LogP contribution in [0.3, 0.4) is 0 Å². The van der Waals surface area contributed by atoms with E-state index in [1.165, 1.54) is 0 Å². The summed E-state index contributed by atoms with van der Waals surface area (Å²) in [6.45, 7) is 2.34. The van der Waals surface area contributed by atoms with E-state index in [0.717, 1.165) is 21.3 Å². The van der Waals surface area contributed by atoms with Crippen LogP contribution in [0.15, 0.2) is 40.9 Å². The van der Waals surface area contributed by atoms with Gasteiger partial charge in [-0.1, -0.05) is 39.7 Å². The Bertz CT molecular complexity index is 572. The van der Waals surface area contributed by atoms with Crippen molar-refractivity contribution in [2.45, 2.75) is 13.5 Å². The van der Waals surface area contributed by atoms with Gasteiger partial charge in [-0.3, -0.25) is 0 Å². The Labute approximate surface area is 120 Å². The van der Waals surface area contributed by atoms with E-state index in [0.29, 0.717) is 17.3 Å². The van der Waals surface area contributed by atoms with E-state index in [-0.39, 0.29) is 0 Å². The first-order valence-electron chi connectivity index (χ1n) is 5.53. The van der Waals surface area contributed by atoms with Crippen molar-refractivity contribution < 1.29 is 4.74 Å². The Hall–Kier alpha value is -1.03. The van der Waals surface area contributed by atoms with Gasteiger partial charge in [-0.05, 0) is 36.8 Å². The molecular weight excluding hydrogens is 314 g/mol. The molecule has 0 atom stereocenters. The van der Waals surface area contributed by atoms with Crippen LogP contribution in [0.5, 0.6) is 11.5 Å². The van der Waals surface area contributed by atoms with Crippen molar-refractivity contribution in [3.05, 3.63) is 57.0 Å². The molecule has 0 aromatic heterocycles. The van der Waals surface area contributed by atoms with Crippen LogP contribution in [0.1, 0.15) is 11.1 Å². The second-order valence-electron chi connectivity index (χ2n) is 3.93. The van der Waals surface area contributed by atoms with Gasteiger partial charge in [0.25, 0.3) is 0 Å². The smallest absolute Gasteiger partial charge is 0.133 e. The van der Waals surface area contributed by atoms with Gasteiger partial charge in [0.05, 0.1) is 0 Å². The number of rotatable bonds is 3. The number of hydrogen-bond acceptors (Lipinski definition) is 2. The van der Waals surface area contributed by atoms with Gasteiger partial charge in [0, 0.05) is 21.6 Å². The molecule has 0 amide bonds. The predicted molar refractivity (Wildman–Crippen MR) is 78.3 cm³/mol. The van der Waals surface area contributed by atoms with Gasteiger partial charge in [0.1, 0.15) is 11.5 Å². The molecule has 2 N–H and O–H groups in total. The number of nitrogens with two attached hydrogens (primary N) is 1. The summed E-state index contributed by atoms with van der Waals surface area (Å²) in [4.78, 5) is 0. The minimum atomic E-state index is 0.349. The van der Waals surface area contributed by atoms with Crippen LogP contribution in [0, 0.1) is 6.92 Å². The van der Waals surface area contributed by atoms with Crippen molar-refractivity contribution in [1.82, 2.24) is 0 Å². The lowest BCUT2D eigenvalue weighted by Crippen LogP contribution is -2.00. The van der Waals surface area contributed by atoms with Gasteiger partial charge in [-0.25, -0.2) is 0 Å². The normalized spacial score (nSPS) is 10.4. The standard InChI is InChI=1S/C14H13BrClNO/c1-9-5-6-10(15)7-14(9)18-13-4-2-3-12(16)11(13)8-17/h2-7H,8,17H2,1H3. The monoisotopic (exact) mass is 325 g/mol. The minimum absolute atomic E-state index is 0.349. The first-order chi connectivity index (χ1) is 8.61. The van der Waals surface area contributed by atoms with Crippen molar-refractivity contribution >= 4 is 27.5 Å². The first kappa shape index (κ1) is 13.4. The number of benzene rings is 2. The van der Waals surface area contributed by atoms with Crippen LogP contribution in [0.2, 0.25) is 5.02 Å². The fraction of sp³-hybridized carbons (Fsp3) is 0.143. The summed E-state index contributed by atoms with van der Waals surface area (Å²) in [6, 6.07) is 11.4. The summed E-state index contributed by atoms with van der Waals surface area (Å²) in [7, 11) is 0. The molecule has 0 saturated carbocycles. The highest BCUT2D eigenvalue weighted by molar-refractivity contribution is 9.10. The van der Waals surface area contributed by atoms with Crippen molar-refractivity contribution in [2.24, 2.45) is 5.73 Å². The Kier molecular flexibility index (Phi) is 4.27. The maximum Gasteiger partial charge on any atom is 0.133 e. The van der Waals surface area contributed by atoms with Crippen LogP contribution >= 0.6 is 27.5 Å². The molecule has 4 heteroatoms. The molecule has 0 saturated heterocycles. The molecule has 18 heavy (non-hydrogen) atoms. The van der Waals surface area contributed by atoms with E-state index in [2.05, 4.69) is 15.9 Å². The molecule has 0 bridgehead atoms. The predicted octanol–water partition coefficient (Wildman–Crippen LogP) is 4.66. The molecule has 0 heterocycles. The number of halogens is 2. The maximum absolute atomic E-state index is 6.10. The molecule has 0 spiro atoms. The van der Waals surface area contributed by atoms with Crippen LogP contribution in [0.25, 0.3) is 0 Å². The second-order valence-corrected chi connectivity index (χ2v) is 5.26. The van der Waals surface area contributed by atoms with Crippen LogP contribution in [-0.4, -0.2) is 0 Å². The summed E-state index contributed by atoms with van der Waals surface area (Å²) in [5, 5.41) is 0.627. The Morgan fingerprint density at radius 3 is 2.72 bits per heavy atom. The fourth-order valence-electron chi connectivity index (χ4n) is 1.63. The molecule has 0 unspecified atom stereocenters. The van der Waals surface area contributed by atoms with E-state index in [9.17, 15) is 0 Å². The van der Waals surface area contributed by atoms with E-state index in [4.69, 9.17) is 22.1 Å². The van der Waals surface area contributed by atoms with Gasteiger partial charge in [0.2, 0.25) is 0 Å². The van der Waals surface area contributed by atoms with Crippen LogP contribution < -0.4 is 10.5 Å². The zero-order valence-corrected chi connectivity index (χ0v) is 12.3. The Morgan fingerprint density at radius 1 is 1.22 bits per heavy atom. The van der Waals surface area contributed by atoms with E-state index < -0.39 is 0 Å². The molecule has 2 aromatic carbocycles. The van der Waals surface area contributed by atoms with Gasteiger partial charge >= 0.3 is 0 Å². The molecule has 0 aliphatic carbocycles. The minimum Gasteiger partial charge on any atom is -0.457 e. The fourth-order valence-corrected chi connectivity index (χ4v) is 2.22. The van der Waals surface area contributed by atoms with Gasteiger partial charge < -0.3 is 10.5 Å². The van der Waals surface area contributed by atoms with Crippen molar-refractivity contribution in [3.63, 3.8) is 0 Å². The van der Waals surface area contributed by atoms with Gasteiger partial charge in [-0.2, -0.15) is 0 Å². The second kappa shape index (κ2) is 5.74. The van der Waals surface area contributed by atoms with Gasteiger partial charge in [-0.15, -0.1) is 0 Å². The molecule has 2 rings (SSSR count). The Morgan fingerprint density at radius 2 is 2.00 bits per heavy atom. The molecular formula is C14H13BrClNO. The lowest BCUT2D eigenvalue weighted by Gasteiger charge is -2.13. The van der Waals surface area contributed by atoms with Gasteiger partial charge in [0.15, 0.2) is 0 Å². The van der Waals surface area contributed by atoms with E-state index in [1.54, 1.807) is 0 Å². The number of ether oxygens (including phenoxy) is 1. The third-order valence-corrected chi connectivity index (χ3v) is 3.50. The summed E-state index contributed by atoms with van der Waals surface area (Å²) in [5.41, 5.74) is 7.57. The highest BCUT2D eigenvalue weighted by Crippen LogP contribution is 2.32. The summed E-state index contributed by atoms with van der Waals surface area (Å²) < 4.78 is 6.87. The summed E-state index contributed by atoms with van der Waals surface area (Å²) in [5.74, 6) is 1.49. The van der Waals surface area contributed by atoms with E-state index in [1.807, 2.05) is 43.3 Å². The summed E-state index contributed by atoms with van der Waals surface area (Å²) in [6.07, 6.45) is 0. The molecule has 94 valence electrons. The lowest BCUT2D eigenvalue weighted by atomic mass is 10.2. The van der Waals surface area contributed by atoms with Crippen molar-refractivity contribution in [2.75, 3.05) is 0 Å². The highest BCUT2D eigenvalue weighted by atomic mass is 79.9. The van der Waals surface area contributed by atoms with Crippen molar-refractivity contribution in [1.29, 1.82) is 0 Å². The van der Waals surface area contributed by atoms with Crippen LogP contribution in [0.4, 0.5) is 0 Å². The quantitative estimate of drug-likeness (QED) is 0.890. The highest BCUT2D eigenvalue weighted by Gasteiger charge is 2.09. The number of hydrogen-bond donors (Lipinski definition) is 1. The average Bonchev–Trinajstić information content (AvgIpc) is 2.34. The molecule has 0 aliphatic rings. The molecule has 0 radical (unpaired) electrons. The third-order valence-electron chi connectivity index (χ3n) is 2.65.